The van der Waals surface area contributed by atoms with Crippen LogP contribution in [0.15, 0.2) is 18.2 Å². The second kappa shape index (κ2) is 9.80. The molecule has 0 aromatic heterocycles. The molecule has 2 rings (SSSR count). The summed E-state index contributed by atoms with van der Waals surface area (Å²) in [6, 6.07) is 5.72. The number of nitrogens with one attached hydrogen (secondary N) is 2. The summed E-state index contributed by atoms with van der Waals surface area (Å²) in [6.45, 7) is 7.85. The summed E-state index contributed by atoms with van der Waals surface area (Å²) in [5.74, 6) is 1.12. The maximum Gasteiger partial charge on any atom is 0.407 e. The smallest absolute Gasteiger partial charge is 0.407 e. The van der Waals surface area contributed by atoms with Crippen molar-refractivity contribution in [2.75, 3.05) is 13.7 Å². The molecule has 6 nitrogen and oxygen atoms in total. The first-order valence-corrected chi connectivity index (χ1v) is 10.1. The number of aryl methyl sites for hydroxylation is 1. The molecule has 0 spiro atoms. The quantitative estimate of drug-likeness (QED) is 0.743. The first-order valence-electron chi connectivity index (χ1n) is 10.1. The number of methoxy groups -OCH3 is 1. The molecular formula is C22H34N2O4. The first-order chi connectivity index (χ1) is 13.2. The molecule has 0 aliphatic heterocycles. The monoisotopic (exact) mass is 390 g/mol. The van der Waals surface area contributed by atoms with Gasteiger partial charge in [-0.3, -0.25) is 4.79 Å². The van der Waals surface area contributed by atoms with Crippen molar-refractivity contribution in [2.45, 2.75) is 71.4 Å². The molecule has 0 saturated heterocycles. The molecule has 1 atom stereocenters. The lowest BCUT2D eigenvalue weighted by atomic mass is 9.97. The van der Waals surface area contributed by atoms with Gasteiger partial charge in [0.25, 0.3) is 0 Å². The van der Waals surface area contributed by atoms with Gasteiger partial charge in [-0.2, -0.15) is 0 Å². The van der Waals surface area contributed by atoms with Crippen LogP contribution < -0.4 is 15.4 Å². The van der Waals surface area contributed by atoms with Gasteiger partial charge in [-0.15, -0.1) is 0 Å². The summed E-state index contributed by atoms with van der Waals surface area (Å²) in [7, 11) is 1.63. The Morgan fingerprint density at radius 1 is 1.21 bits per heavy atom. The van der Waals surface area contributed by atoms with E-state index in [2.05, 4.69) is 10.6 Å². The van der Waals surface area contributed by atoms with Crippen molar-refractivity contribution < 1.29 is 19.1 Å². The molecule has 1 saturated carbocycles. The highest BCUT2D eigenvalue weighted by molar-refractivity contribution is 5.79. The molecule has 28 heavy (non-hydrogen) atoms. The van der Waals surface area contributed by atoms with Crippen molar-refractivity contribution in [3.8, 4) is 5.75 Å². The van der Waals surface area contributed by atoms with Crippen LogP contribution in [0.4, 0.5) is 4.79 Å². The fourth-order valence-electron chi connectivity index (χ4n) is 3.62. The Balaban J connectivity index is 1.95. The summed E-state index contributed by atoms with van der Waals surface area (Å²) in [4.78, 5) is 24.6. The van der Waals surface area contributed by atoms with E-state index in [0.717, 1.165) is 29.7 Å². The van der Waals surface area contributed by atoms with E-state index in [4.69, 9.17) is 9.47 Å². The topological polar surface area (TPSA) is 76.7 Å². The average molecular weight is 391 g/mol. The molecule has 2 amide bonds. The molecule has 156 valence electrons. The van der Waals surface area contributed by atoms with Gasteiger partial charge >= 0.3 is 6.09 Å². The maximum atomic E-state index is 12.6. The molecule has 1 aliphatic rings. The van der Waals surface area contributed by atoms with Gasteiger partial charge in [-0.05, 0) is 63.6 Å². The van der Waals surface area contributed by atoms with E-state index >= 15 is 0 Å². The van der Waals surface area contributed by atoms with Crippen LogP contribution in [0.3, 0.4) is 0 Å². The standard InChI is InChI=1S/C22H34N2O4/c1-15-10-11-16(12-19(15)27-5)13-20(25)24-18(17-8-6-7-9-17)14-23-21(26)28-22(2,3)4/h10-12,17-18H,6-9,13-14H2,1-5H3,(H,23,26)(H,24,25)/t18-/m0/s1. The molecule has 0 radical (unpaired) electrons. The zero-order valence-electron chi connectivity index (χ0n) is 17.8. The Kier molecular flexibility index (Phi) is 7.72. The van der Waals surface area contributed by atoms with Crippen LogP contribution in [0.25, 0.3) is 0 Å². The third kappa shape index (κ3) is 7.06. The van der Waals surface area contributed by atoms with Gasteiger partial charge in [-0.25, -0.2) is 4.79 Å². The van der Waals surface area contributed by atoms with Gasteiger partial charge in [0.2, 0.25) is 5.91 Å². The molecular weight excluding hydrogens is 356 g/mol. The highest BCUT2D eigenvalue weighted by atomic mass is 16.6. The number of hydrogen-bond acceptors (Lipinski definition) is 4. The van der Waals surface area contributed by atoms with Crippen molar-refractivity contribution in [3.63, 3.8) is 0 Å². The maximum absolute atomic E-state index is 12.6. The number of benzene rings is 1. The van der Waals surface area contributed by atoms with Crippen molar-refractivity contribution in [1.82, 2.24) is 10.6 Å². The number of carbonyl (C=O) groups is 2. The van der Waals surface area contributed by atoms with Crippen molar-refractivity contribution in [1.29, 1.82) is 0 Å². The second-order valence-corrected chi connectivity index (χ2v) is 8.58. The third-order valence-corrected chi connectivity index (χ3v) is 5.02. The van der Waals surface area contributed by atoms with Crippen LogP contribution >= 0.6 is 0 Å². The number of rotatable bonds is 7. The van der Waals surface area contributed by atoms with Crippen LogP contribution in [-0.2, 0) is 16.0 Å². The molecule has 1 fully saturated rings. The van der Waals surface area contributed by atoms with E-state index in [1.54, 1.807) is 7.11 Å². The molecule has 2 N–H and O–H groups in total. The second-order valence-electron chi connectivity index (χ2n) is 8.58. The fourth-order valence-corrected chi connectivity index (χ4v) is 3.62. The Morgan fingerprint density at radius 3 is 2.50 bits per heavy atom. The Labute approximate surface area is 168 Å². The van der Waals surface area contributed by atoms with Gasteiger partial charge in [0, 0.05) is 12.6 Å². The average Bonchev–Trinajstić information content (AvgIpc) is 3.13. The van der Waals surface area contributed by atoms with Crippen LogP contribution in [0.1, 0.15) is 57.6 Å². The van der Waals surface area contributed by atoms with Gasteiger partial charge in [0.1, 0.15) is 11.4 Å². The minimum Gasteiger partial charge on any atom is -0.496 e. The molecule has 0 bridgehead atoms. The van der Waals surface area contributed by atoms with Gasteiger partial charge in [0.05, 0.1) is 13.5 Å². The number of ether oxygens (including phenoxy) is 2. The number of carbonyl (C=O) groups excluding carboxylic acids is 2. The van der Waals surface area contributed by atoms with Crippen molar-refractivity contribution in [3.05, 3.63) is 29.3 Å². The van der Waals surface area contributed by atoms with Gasteiger partial charge in [-0.1, -0.05) is 25.0 Å². The fraction of sp³-hybridized carbons (Fsp3) is 0.636. The van der Waals surface area contributed by atoms with Crippen LogP contribution in [0, 0.1) is 12.8 Å². The summed E-state index contributed by atoms with van der Waals surface area (Å²) in [6.07, 6.45) is 4.30. The number of amides is 2. The SMILES string of the molecule is COc1cc(CC(=O)N[C@@H](CNC(=O)OC(C)(C)C)C2CCCC2)ccc1C. The van der Waals surface area contributed by atoms with E-state index in [9.17, 15) is 9.59 Å². The van der Waals surface area contributed by atoms with E-state index in [1.807, 2.05) is 45.9 Å². The zero-order chi connectivity index (χ0) is 20.7. The summed E-state index contributed by atoms with van der Waals surface area (Å²) < 4.78 is 10.7. The molecule has 0 unspecified atom stereocenters. The largest absolute Gasteiger partial charge is 0.496 e. The lowest BCUT2D eigenvalue weighted by molar-refractivity contribution is -0.121. The van der Waals surface area contributed by atoms with Crippen LogP contribution in [0.2, 0.25) is 0 Å². The van der Waals surface area contributed by atoms with Gasteiger partial charge in [0.15, 0.2) is 0 Å². The van der Waals surface area contributed by atoms with Crippen molar-refractivity contribution in [2.24, 2.45) is 5.92 Å². The third-order valence-electron chi connectivity index (χ3n) is 5.02. The normalized spacial score (nSPS) is 15.8. The Bertz CT molecular complexity index is 676. The van der Waals surface area contributed by atoms with E-state index < -0.39 is 11.7 Å². The lowest BCUT2D eigenvalue weighted by Crippen LogP contribution is -2.48. The minimum atomic E-state index is -0.541. The predicted molar refractivity (Wildman–Crippen MR) is 110 cm³/mol. The summed E-state index contributed by atoms with van der Waals surface area (Å²) >= 11 is 0. The number of hydrogen-bond donors (Lipinski definition) is 2. The molecule has 1 aromatic carbocycles. The van der Waals surface area contributed by atoms with Crippen LogP contribution in [0.5, 0.6) is 5.75 Å². The van der Waals surface area contributed by atoms with E-state index in [1.165, 1.54) is 12.8 Å². The van der Waals surface area contributed by atoms with Crippen molar-refractivity contribution >= 4 is 12.0 Å². The minimum absolute atomic E-state index is 0.0474. The molecule has 0 heterocycles. The highest BCUT2D eigenvalue weighted by Gasteiger charge is 2.27. The van der Waals surface area contributed by atoms with Crippen LogP contribution in [-0.4, -0.2) is 37.3 Å². The van der Waals surface area contributed by atoms with E-state index in [0.29, 0.717) is 12.5 Å². The molecule has 1 aromatic rings. The van der Waals surface area contributed by atoms with E-state index in [-0.39, 0.29) is 18.4 Å². The Morgan fingerprint density at radius 2 is 1.89 bits per heavy atom. The summed E-state index contributed by atoms with van der Waals surface area (Å²) in [5.41, 5.74) is 1.41. The lowest BCUT2D eigenvalue weighted by Gasteiger charge is -2.26. The van der Waals surface area contributed by atoms with Gasteiger partial charge < -0.3 is 20.1 Å². The number of alkyl carbamates (subject to hydrolysis) is 1. The summed E-state index contributed by atoms with van der Waals surface area (Å²) in [5, 5.41) is 5.94. The Hall–Kier alpha value is -2.24. The highest BCUT2D eigenvalue weighted by Crippen LogP contribution is 2.28. The predicted octanol–water partition coefficient (Wildman–Crippen LogP) is 3.75. The molecule has 6 heteroatoms. The molecule has 1 aliphatic carbocycles. The first kappa shape index (κ1) is 22.1. The zero-order valence-corrected chi connectivity index (χ0v) is 17.8.